The lowest BCUT2D eigenvalue weighted by Crippen LogP contribution is -2.47. The molecule has 1 fully saturated rings. The van der Waals surface area contributed by atoms with Gasteiger partial charge >= 0.3 is 17.9 Å². The number of hydrogen-bond donors (Lipinski definition) is 1. The van der Waals surface area contributed by atoms with Crippen molar-refractivity contribution in [3.8, 4) is 0 Å². The molecule has 8 heteroatoms. The summed E-state index contributed by atoms with van der Waals surface area (Å²) in [5.41, 5.74) is 2.01. The molecule has 0 saturated heterocycles. The SMILES string of the molecule is CCCC1(C(=O)OCC)CC(C(C(=O)OCC)C(=O)OCC)CC1NOC. The maximum absolute atomic E-state index is 12.9. The van der Waals surface area contributed by atoms with Crippen LogP contribution in [0.2, 0.25) is 0 Å². The molecule has 8 nitrogen and oxygen atoms in total. The lowest BCUT2D eigenvalue weighted by molar-refractivity contribution is -0.166. The first-order valence-electron chi connectivity index (χ1n) is 9.70. The third-order valence-electron chi connectivity index (χ3n) is 5.02. The predicted molar refractivity (Wildman–Crippen MR) is 97.4 cm³/mol. The fourth-order valence-corrected chi connectivity index (χ4v) is 4.05. The molecule has 0 spiro atoms. The van der Waals surface area contributed by atoms with Gasteiger partial charge in [0.2, 0.25) is 0 Å². The van der Waals surface area contributed by atoms with Crippen LogP contribution in [0.5, 0.6) is 0 Å². The Morgan fingerprint density at radius 3 is 2.00 bits per heavy atom. The summed E-state index contributed by atoms with van der Waals surface area (Å²) in [6, 6.07) is -0.377. The molecule has 0 heterocycles. The number of carbonyl (C=O) groups excluding carboxylic acids is 3. The molecule has 0 aromatic heterocycles. The average Bonchev–Trinajstić information content (AvgIpc) is 2.95. The number of hydroxylamine groups is 1. The van der Waals surface area contributed by atoms with Crippen LogP contribution in [0.25, 0.3) is 0 Å². The van der Waals surface area contributed by atoms with Gasteiger partial charge in [0.25, 0.3) is 0 Å². The van der Waals surface area contributed by atoms with Crippen LogP contribution in [-0.2, 0) is 33.4 Å². The van der Waals surface area contributed by atoms with Crippen LogP contribution in [0.15, 0.2) is 0 Å². The zero-order chi connectivity index (χ0) is 20.4. The highest BCUT2D eigenvalue weighted by Gasteiger charge is 2.57. The minimum absolute atomic E-state index is 0.166. The van der Waals surface area contributed by atoms with Crippen molar-refractivity contribution >= 4 is 17.9 Å². The van der Waals surface area contributed by atoms with Crippen molar-refractivity contribution in [2.24, 2.45) is 17.3 Å². The molecule has 0 aromatic rings. The van der Waals surface area contributed by atoms with E-state index in [4.69, 9.17) is 19.0 Å². The Morgan fingerprint density at radius 1 is 1.00 bits per heavy atom. The zero-order valence-electron chi connectivity index (χ0n) is 17.0. The van der Waals surface area contributed by atoms with Crippen LogP contribution < -0.4 is 5.48 Å². The van der Waals surface area contributed by atoms with Crippen molar-refractivity contribution in [1.82, 2.24) is 5.48 Å². The number of nitrogens with one attached hydrogen (secondary N) is 1. The first kappa shape index (κ1) is 23.4. The molecule has 1 saturated carbocycles. The maximum atomic E-state index is 12.9. The molecule has 1 aliphatic rings. The molecule has 3 unspecified atom stereocenters. The second kappa shape index (κ2) is 11.2. The van der Waals surface area contributed by atoms with E-state index in [0.29, 0.717) is 19.3 Å². The van der Waals surface area contributed by atoms with E-state index in [-0.39, 0.29) is 31.8 Å². The van der Waals surface area contributed by atoms with Gasteiger partial charge in [-0.1, -0.05) is 13.3 Å². The quantitative estimate of drug-likeness (QED) is 0.249. The third kappa shape index (κ3) is 5.42. The highest BCUT2D eigenvalue weighted by atomic mass is 16.6. The first-order chi connectivity index (χ1) is 12.9. The van der Waals surface area contributed by atoms with Crippen molar-refractivity contribution in [2.75, 3.05) is 26.9 Å². The molecule has 156 valence electrons. The molecule has 0 radical (unpaired) electrons. The van der Waals surface area contributed by atoms with Crippen molar-refractivity contribution < 1.29 is 33.4 Å². The van der Waals surface area contributed by atoms with Gasteiger partial charge in [-0.3, -0.25) is 14.4 Å². The summed E-state index contributed by atoms with van der Waals surface area (Å²) in [5.74, 6) is -3.05. The standard InChI is InChI=1S/C19H33NO7/c1-6-10-19(18(23)27-9-4)12-13(11-14(19)20-24-5)15(16(21)25-7-2)17(22)26-8-3/h13-15,20H,6-12H2,1-5H3. The second-order valence-corrected chi connectivity index (χ2v) is 6.68. The molecular formula is C19H33NO7. The minimum atomic E-state index is -1.07. The molecular weight excluding hydrogens is 354 g/mol. The van der Waals surface area contributed by atoms with Crippen LogP contribution in [-0.4, -0.2) is 50.9 Å². The molecule has 1 aliphatic carbocycles. The number of carbonyl (C=O) groups is 3. The number of rotatable bonds is 11. The van der Waals surface area contributed by atoms with Crippen molar-refractivity contribution in [3.05, 3.63) is 0 Å². The van der Waals surface area contributed by atoms with Gasteiger partial charge in [-0.05, 0) is 46.0 Å². The predicted octanol–water partition coefficient (Wildman–Crippen LogP) is 2.01. The van der Waals surface area contributed by atoms with Crippen molar-refractivity contribution in [2.45, 2.75) is 59.4 Å². The fraction of sp³-hybridized carbons (Fsp3) is 0.842. The monoisotopic (exact) mass is 387 g/mol. The molecule has 0 aliphatic heterocycles. The summed E-state index contributed by atoms with van der Waals surface area (Å²) in [5, 5.41) is 0. The molecule has 0 amide bonds. The lowest BCUT2D eigenvalue weighted by atomic mass is 9.77. The lowest BCUT2D eigenvalue weighted by Gasteiger charge is -2.33. The molecule has 1 rings (SSSR count). The van der Waals surface area contributed by atoms with Gasteiger partial charge in [0.15, 0.2) is 5.92 Å². The Bertz CT molecular complexity index is 492. The molecule has 0 bridgehead atoms. The molecule has 3 atom stereocenters. The topological polar surface area (TPSA) is 100 Å². The average molecular weight is 387 g/mol. The summed E-state index contributed by atoms with van der Waals surface area (Å²) in [7, 11) is 1.48. The fourth-order valence-electron chi connectivity index (χ4n) is 4.05. The van der Waals surface area contributed by atoms with Crippen LogP contribution in [0.3, 0.4) is 0 Å². The van der Waals surface area contributed by atoms with Gasteiger partial charge in [-0.15, -0.1) is 0 Å². The van der Waals surface area contributed by atoms with Crippen molar-refractivity contribution in [3.63, 3.8) is 0 Å². The van der Waals surface area contributed by atoms with E-state index in [1.807, 2.05) is 6.92 Å². The Morgan fingerprint density at radius 2 is 1.56 bits per heavy atom. The van der Waals surface area contributed by atoms with Gasteiger partial charge in [0.05, 0.1) is 32.3 Å². The number of hydrogen-bond acceptors (Lipinski definition) is 8. The van der Waals surface area contributed by atoms with Crippen LogP contribution in [0.1, 0.15) is 53.4 Å². The van der Waals surface area contributed by atoms with Gasteiger partial charge < -0.3 is 19.0 Å². The Labute approximate surface area is 161 Å². The zero-order valence-corrected chi connectivity index (χ0v) is 17.0. The number of esters is 3. The smallest absolute Gasteiger partial charge is 0.320 e. The minimum Gasteiger partial charge on any atom is -0.466 e. The van der Waals surface area contributed by atoms with Gasteiger partial charge in [-0.25, -0.2) is 0 Å². The Hall–Kier alpha value is -1.67. The molecule has 1 N–H and O–H groups in total. The van der Waals surface area contributed by atoms with E-state index < -0.39 is 29.2 Å². The van der Waals surface area contributed by atoms with Crippen LogP contribution in [0.4, 0.5) is 0 Å². The maximum Gasteiger partial charge on any atom is 0.320 e. The summed E-state index contributed by atoms with van der Waals surface area (Å²) >= 11 is 0. The summed E-state index contributed by atoms with van der Waals surface area (Å²) in [4.78, 5) is 42.9. The van der Waals surface area contributed by atoms with E-state index in [1.54, 1.807) is 20.8 Å². The highest BCUT2D eigenvalue weighted by molar-refractivity contribution is 5.95. The molecule has 27 heavy (non-hydrogen) atoms. The van der Waals surface area contributed by atoms with E-state index >= 15 is 0 Å². The van der Waals surface area contributed by atoms with E-state index in [9.17, 15) is 14.4 Å². The highest BCUT2D eigenvalue weighted by Crippen LogP contribution is 2.49. The summed E-state index contributed by atoms with van der Waals surface area (Å²) in [6.45, 7) is 7.69. The van der Waals surface area contributed by atoms with Gasteiger partial charge in [0, 0.05) is 6.04 Å². The van der Waals surface area contributed by atoms with Gasteiger partial charge in [0.1, 0.15) is 0 Å². The Kier molecular flexibility index (Phi) is 9.73. The molecule has 0 aromatic carbocycles. The van der Waals surface area contributed by atoms with Crippen LogP contribution >= 0.6 is 0 Å². The van der Waals surface area contributed by atoms with E-state index in [1.165, 1.54) is 7.11 Å². The normalized spacial score (nSPS) is 24.7. The second-order valence-electron chi connectivity index (χ2n) is 6.68. The first-order valence-corrected chi connectivity index (χ1v) is 9.70. The summed E-state index contributed by atoms with van der Waals surface area (Å²) in [6.07, 6.45) is 2.02. The third-order valence-corrected chi connectivity index (χ3v) is 5.02. The van der Waals surface area contributed by atoms with Gasteiger partial charge in [-0.2, -0.15) is 5.48 Å². The van der Waals surface area contributed by atoms with Crippen LogP contribution in [0, 0.1) is 17.3 Å². The summed E-state index contributed by atoms with van der Waals surface area (Å²) < 4.78 is 15.6. The van der Waals surface area contributed by atoms with E-state index in [0.717, 1.165) is 6.42 Å². The number of ether oxygens (including phenoxy) is 3. The largest absolute Gasteiger partial charge is 0.466 e. The van der Waals surface area contributed by atoms with E-state index in [2.05, 4.69) is 5.48 Å². The Balaban J connectivity index is 3.24. The van der Waals surface area contributed by atoms with Crippen molar-refractivity contribution in [1.29, 1.82) is 0 Å².